The van der Waals surface area contributed by atoms with E-state index in [1.807, 2.05) is 60.9 Å². The van der Waals surface area contributed by atoms with E-state index in [2.05, 4.69) is 4.72 Å². The van der Waals surface area contributed by atoms with Gasteiger partial charge in [-0.25, -0.2) is 4.79 Å². The molecule has 0 fully saturated rings. The van der Waals surface area contributed by atoms with Crippen molar-refractivity contribution in [2.75, 3.05) is 13.4 Å². The smallest absolute Gasteiger partial charge is 0.449 e. The summed E-state index contributed by atoms with van der Waals surface area (Å²) in [7, 11) is 1.62. The standard InChI is InChI=1S/C16H17NO3S/c1-19-14-8-10-15(11-9-14)21(2)17-16(18)20-12-13-6-4-3-5-7-13/h3-11H,12H2,1-2H3/p+1. The monoisotopic (exact) mass is 304 g/mol. The molecule has 2 aromatic carbocycles. The molecule has 4 nitrogen and oxygen atoms in total. The zero-order valence-electron chi connectivity index (χ0n) is 12.0. The molecule has 1 amide bonds. The minimum absolute atomic E-state index is 0.270. The summed E-state index contributed by atoms with van der Waals surface area (Å²) in [4.78, 5) is 12.8. The Balaban J connectivity index is 1.83. The summed E-state index contributed by atoms with van der Waals surface area (Å²) in [6.07, 6.45) is 1.52. The molecular weight excluding hydrogens is 286 g/mol. The second-order valence-corrected chi connectivity index (χ2v) is 6.05. The van der Waals surface area contributed by atoms with Gasteiger partial charge in [0.1, 0.15) is 29.7 Å². The van der Waals surface area contributed by atoms with E-state index in [0.29, 0.717) is 0 Å². The summed E-state index contributed by atoms with van der Waals surface area (Å²) >= 11 is -0.412. The van der Waals surface area contributed by atoms with E-state index in [-0.39, 0.29) is 6.61 Å². The van der Waals surface area contributed by atoms with Crippen LogP contribution in [0.25, 0.3) is 0 Å². The van der Waals surface area contributed by atoms with E-state index in [4.69, 9.17) is 9.47 Å². The predicted octanol–water partition coefficient (Wildman–Crippen LogP) is 3.14. The number of hydrogen-bond donors (Lipinski definition) is 1. The molecule has 21 heavy (non-hydrogen) atoms. The van der Waals surface area contributed by atoms with Crippen LogP contribution in [0.5, 0.6) is 5.75 Å². The summed E-state index contributed by atoms with van der Waals surface area (Å²) in [6, 6.07) is 17.2. The number of nitrogens with one attached hydrogen (secondary N) is 1. The molecule has 5 heteroatoms. The number of carbonyl (C=O) groups is 1. The molecule has 0 saturated carbocycles. The Labute approximate surface area is 127 Å². The van der Waals surface area contributed by atoms with Crippen molar-refractivity contribution < 1.29 is 14.3 Å². The summed E-state index contributed by atoms with van der Waals surface area (Å²) in [5.41, 5.74) is 0.966. The minimum Gasteiger partial charge on any atom is -0.497 e. The maximum Gasteiger partial charge on any atom is 0.449 e. The molecule has 2 rings (SSSR count). The molecule has 0 aromatic heterocycles. The summed E-state index contributed by atoms with van der Waals surface area (Å²) in [6.45, 7) is 0.270. The van der Waals surface area contributed by atoms with Crippen molar-refractivity contribution in [1.82, 2.24) is 4.72 Å². The lowest BCUT2D eigenvalue weighted by atomic mass is 10.2. The summed E-state index contributed by atoms with van der Waals surface area (Å²) < 4.78 is 13.1. The van der Waals surface area contributed by atoms with Gasteiger partial charge in [0.05, 0.1) is 7.11 Å². The van der Waals surface area contributed by atoms with Crippen LogP contribution in [0, 0.1) is 0 Å². The van der Waals surface area contributed by atoms with Gasteiger partial charge in [0.25, 0.3) is 0 Å². The van der Waals surface area contributed by atoms with Crippen LogP contribution >= 0.6 is 0 Å². The molecule has 2 aromatic rings. The highest BCUT2D eigenvalue weighted by molar-refractivity contribution is 7.94. The summed E-state index contributed by atoms with van der Waals surface area (Å²) in [5.74, 6) is 0.794. The van der Waals surface area contributed by atoms with Gasteiger partial charge in [0.2, 0.25) is 0 Å². The Morgan fingerprint density at radius 2 is 1.76 bits per heavy atom. The second-order valence-electron chi connectivity index (χ2n) is 4.35. The molecule has 0 spiro atoms. The fraction of sp³-hybridized carbons (Fsp3) is 0.188. The molecule has 0 aliphatic carbocycles. The number of ether oxygens (including phenoxy) is 2. The maximum absolute atomic E-state index is 11.8. The largest absolute Gasteiger partial charge is 0.497 e. The van der Waals surface area contributed by atoms with Gasteiger partial charge >= 0.3 is 6.09 Å². The van der Waals surface area contributed by atoms with Crippen molar-refractivity contribution in [3.8, 4) is 5.75 Å². The van der Waals surface area contributed by atoms with E-state index >= 15 is 0 Å². The first-order valence-corrected chi connectivity index (χ1v) is 8.09. The highest BCUT2D eigenvalue weighted by Gasteiger charge is 2.20. The third-order valence-electron chi connectivity index (χ3n) is 2.86. The Hall–Kier alpha value is -2.14. The van der Waals surface area contributed by atoms with Crippen LogP contribution in [0.4, 0.5) is 4.79 Å². The van der Waals surface area contributed by atoms with Crippen molar-refractivity contribution in [3.05, 3.63) is 60.2 Å². The fourth-order valence-electron chi connectivity index (χ4n) is 1.72. The van der Waals surface area contributed by atoms with Crippen molar-refractivity contribution in [2.45, 2.75) is 11.5 Å². The predicted molar refractivity (Wildman–Crippen MR) is 84.3 cm³/mol. The Morgan fingerprint density at radius 1 is 1.10 bits per heavy atom. The van der Waals surface area contributed by atoms with Crippen molar-refractivity contribution >= 4 is 17.2 Å². The van der Waals surface area contributed by atoms with Crippen molar-refractivity contribution in [2.24, 2.45) is 0 Å². The Kier molecular flexibility index (Phi) is 5.51. The number of amides is 1. The lowest BCUT2D eigenvalue weighted by Crippen LogP contribution is -2.30. The van der Waals surface area contributed by atoms with Crippen molar-refractivity contribution in [3.63, 3.8) is 0 Å². The molecule has 0 bridgehead atoms. The zero-order chi connectivity index (χ0) is 15.1. The van der Waals surface area contributed by atoms with Gasteiger partial charge in [-0.2, -0.15) is 0 Å². The second kappa shape index (κ2) is 7.59. The van der Waals surface area contributed by atoms with E-state index in [9.17, 15) is 4.79 Å². The van der Waals surface area contributed by atoms with Gasteiger partial charge in [-0.3, -0.25) is 0 Å². The van der Waals surface area contributed by atoms with E-state index in [0.717, 1.165) is 16.2 Å². The van der Waals surface area contributed by atoms with Crippen LogP contribution < -0.4 is 9.46 Å². The molecule has 0 radical (unpaired) electrons. The highest BCUT2D eigenvalue weighted by Crippen LogP contribution is 2.15. The minimum atomic E-state index is -0.416. The average Bonchev–Trinajstić information content (AvgIpc) is 2.54. The third kappa shape index (κ3) is 4.72. The molecule has 0 saturated heterocycles. The summed E-state index contributed by atoms with van der Waals surface area (Å²) in [5, 5.41) is 0. The van der Waals surface area contributed by atoms with Crippen LogP contribution in [-0.2, 0) is 22.4 Å². The number of benzene rings is 2. The van der Waals surface area contributed by atoms with E-state index in [1.165, 1.54) is 0 Å². The van der Waals surface area contributed by atoms with Gasteiger partial charge in [-0.1, -0.05) is 30.3 Å². The molecule has 1 N–H and O–H groups in total. The molecule has 0 aliphatic rings. The van der Waals surface area contributed by atoms with Crippen LogP contribution in [0.3, 0.4) is 0 Å². The lowest BCUT2D eigenvalue weighted by Gasteiger charge is -2.06. The number of methoxy groups -OCH3 is 1. The Bertz CT molecular complexity index is 572. The average molecular weight is 304 g/mol. The number of rotatable bonds is 5. The molecule has 1 unspecified atom stereocenters. The SMILES string of the molecule is COc1ccc([S+](C)NC(=O)OCc2ccccc2)cc1. The van der Waals surface area contributed by atoms with Gasteiger partial charge < -0.3 is 9.47 Å². The van der Waals surface area contributed by atoms with E-state index < -0.39 is 17.2 Å². The van der Waals surface area contributed by atoms with Crippen LogP contribution in [0.15, 0.2) is 59.5 Å². The van der Waals surface area contributed by atoms with Crippen LogP contribution in [-0.4, -0.2) is 19.5 Å². The first kappa shape index (κ1) is 15.3. The van der Waals surface area contributed by atoms with Crippen LogP contribution in [0.2, 0.25) is 0 Å². The number of carbonyl (C=O) groups excluding carboxylic acids is 1. The number of hydrogen-bond acceptors (Lipinski definition) is 3. The quantitative estimate of drug-likeness (QED) is 0.863. The molecule has 1 atom stereocenters. The molecule has 110 valence electrons. The molecular formula is C16H18NO3S+. The zero-order valence-corrected chi connectivity index (χ0v) is 12.9. The van der Waals surface area contributed by atoms with Gasteiger partial charge in [0, 0.05) is 0 Å². The van der Waals surface area contributed by atoms with Crippen LogP contribution in [0.1, 0.15) is 5.56 Å². The third-order valence-corrected chi connectivity index (χ3v) is 4.31. The highest BCUT2D eigenvalue weighted by atomic mass is 32.2. The Morgan fingerprint density at radius 3 is 2.38 bits per heavy atom. The lowest BCUT2D eigenvalue weighted by molar-refractivity contribution is 0.146. The van der Waals surface area contributed by atoms with Gasteiger partial charge in [0.15, 0.2) is 4.90 Å². The normalized spacial score (nSPS) is 11.5. The molecule has 0 aliphatic heterocycles. The van der Waals surface area contributed by atoms with Gasteiger partial charge in [-0.05, 0) is 29.8 Å². The van der Waals surface area contributed by atoms with Gasteiger partial charge in [-0.15, -0.1) is 4.72 Å². The topological polar surface area (TPSA) is 47.6 Å². The first-order chi connectivity index (χ1) is 10.2. The molecule has 0 heterocycles. The fourth-order valence-corrected chi connectivity index (χ4v) is 2.69. The first-order valence-electron chi connectivity index (χ1n) is 6.46. The van der Waals surface area contributed by atoms with Crippen molar-refractivity contribution in [1.29, 1.82) is 0 Å². The maximum atomic E-state index is 11.8. The van der Waals surface area contributed by atoms with E-state index in [1.54, 1.807) is 7.11 Å².